The van der Waals surface area contributed by atoms with Gasteiger partial charge in [-0.3, -0.25) is 24.1 Å². The third kappa shape index (κ3) is 3.42. The van der Waals surface area contributed by atoms with Crippen LogP contribution in [0.2, 0.25) is 0 Å². The van der Waals surface area contributed by atoms with Crippen LogP contribution in [0, 0.1) is 0 Å². The maximum absolute atomic E-state index is 12.3. The van der Waals surface area contributed by atoms with E-state index >= 15 is 0 Å². The molecule has 1 saturated heterocycles. The fraction of sp³-hybridized carbons (Fsp3) is 0.500. The topological polar surface area (TPSA) is 135 Å². The largest absolute Gasteiger partial charge is 0.481 e. The predicted molar refractivity (Wildman–Crippen MR) is 82.8 cm³/mol. The van der Waals surface area contributed by atoms with Gasteiger partial charge in [-0.05, 0) is 0 Å². The van der Waals surface area contributed by atoms with E-state index in [1.165, 1.54) is 0 Å². The average molecular weight is 398 g/mol. The molecular formula is C12H12ClNO8S2. The van der Waals surface area contributed by atoms with Gasteiger partial charge >= 0.3 is 11.9 Å². The molecule has 2 aliphatic heterocycles. The zero-order chi connectivity index (χ0) is 18.2. The van der Waals surface area contributed by atoms with Crippen molar-refractivity contribution in [2.24, 2.45) is 0 Å². The molecule has 0 saturated carbocycles. The molecule has 0 bridgehead atoms. The third-order valence-corrected chi connectivity index (χ3v) is 6.66. The number of amides is 1. The van der Waals surface area contributed by atoms with E-state index in [4.69, 9.17) is 21.4 Å². The van der Waals surface area contributed by atoms with Gasteiger partial charge in [0, 0.05) is 12.5 Å². The van der Waals surface area contributed by atoms with E-state index in [0.717, 1.165) is 11.8 Å². The summed E-state index contributed by atoms with van der Waals surface area (Å²) < 4.78 is 29.2. The van der Waals surface area contributed by atoms with Crippen LogP contribution in [0.15, 0.2) is 11.3 Å². The molecule has 0 radical (unpaired) electrons. The van der Waals surface area contributed by atoms with Crippen molar-refractivity contribution >= 4 is 56.2 Å². The minimum atomic E-state index is -3.85. The first-order valence-corrected chi connectivity index (χ1v) is 9.63. The van der Waals surface area contributed by atoms with Crippen LogP contribution in [0.25, 0.3) is 0 Å². The molecule has 12 heteroatoms. The number of thioether (sulfide) groups is 1. The molecule has 0 spiro atoms. The zero-order valence-electron chi connectivity index (χ0n) is 12.2. The molecule has 2 heterocycles. The lowest BCUT2D eigenvalue weighted by molar-refractivity contribution is -0.140. The van der Waals surface area contributed by atoms with Crippen LogP contribution in [0.3, 0.4) is 0 Å². The number of hydrogen-bond acceptors (Lipinski definition) is 8. The number of aliphatic carboxylic acids is 1. The fourth-order valence-electron chi connectivity index (χ4n) is 2.31. The third-order valence-electron chi connectivity index (χ3n) is 3.27. The Kier molecular flexibility index (Phi) is 5.25. The molecule has 9 nitrogen and oxygen atoms in total. The van der Waals surface area contributed by atoms with Gasteiger partial charge < -0.3 is 9.84 Å². The second-order valence-corrected chi connectivity index (χ2v) is 8.53. The molecule has 132 valence electrons. The highest BCUT2D eigenvalue weighted by atomic mass is 35.5. The van der Waals surface area contributed by atoms with Crippen LogP contribution in [-0.4, -0.2) is 70.2 Å². The standard InChI is InChI=1S/C12H12ClNO8S2/c1-5(15)22-2-6-4-24(20,21)11-8(13)10(18)14(11)9(6)12(19)23-3-7(16)17/h8,11H,2-4H2,1H3,(H,16,17)/t8-,11+/m0/s1. The summed E-state index contributed by atoms with van der Waals surface area (Å²) in [5, 5.41) is 5.18. The van der Waals surface area contributed by atoms with E-state index in [-0.39, 0.29) is 11.3 Å². The van der Waals surface area contributed by atoms with Crippen molar-refractivity contribution in [1.29, 1.82) is 0 Å². The van der Waals surface area contributed by atoms with Crippen LogP contribution in [-0.2, 0) is 33.8 Å². The number of carboxylic acid groups (broad SMARTS) is 1. The van der Waals surface area contributed by atoms with Crippen LogP contribution in [0.5, 0.6) is 0 Å². The first kappa shape index (κ1) is 18.7. The summed E-state index contributed by atoms with van der Waals surface area (Å²) in [5.74, 6) is -3.89. The van der Waals surface area contributed by atoms with E-state index in [1.807, 2.05) is 0 Å². The molecule has 24 heavy (non-hydrogen) atoms. The summed E-state index contributed by atoms with van der Waals surface area (Å²) >= 11 is 6.14. The van der Waals surface area contributed by atoms with Crippen molar-refractivity contribution in [2.45, 2.75) is 17.7 Å². The highest BCUT2D eigenvalue weighted by Gasteiger charge is 2.59. The molecule has 0 aliphatic carbocycles. The molecule has 1 N–H and O–H groups in total. The Morgan fingerprint density at radius 1 is 1.42 bits per heavy atom. The summed E-state index contributed by atoms with van der Waals surface area (Å²) in [5.41, 5.74) is -0.356. The minimum Gasteiger partial charge on any atom is -0.481 e. The van der Waals surface area contributed by atoms with Gasteiger partial charge in [0.1, 0.15) is 17.7 Å². The molecule has 2 rings (SSSR count). The highest BCUT2D eigenvalue weighted by molar-refractivity contribution is 8.14. The number of sulfone groups is 1. The van der Waals surface area contributed by atoms with Crippen LogP contribution >= 0.6 is 23.4 Å². The van der Waals surface area contributed by atoms with Crippen molar-refractivity contribution in [1.82, 2.24) is 4.90 Å². The Labute approximate surface area is 145 Å². The average Bonchev–Trinajstić information content (AvgIpc) is 2.48. The van der Waals surface area contributed by atoms with Crippen molar-refractivity contribution in [3.05, 3.63) is 11.3 Å². The van der Waals surface area contributed by atoms with Crippen LogP contribution in [0.4, 0.5) is 0 Å². The number of rotatable bonds is 5. The Morgan fingerprint density at radius 2 is 2.04 bits per heavy atom. The van der Waals surface area contributed by atoms with E-state index in [9.17, 15) is 27.6 Å². The van der Waals surface area contributed by atoms with Gasteiger partial charge in [-0.1, -0.05) is 11.8 Å². The quantitative estimate of drug-likeness (QED) is 0.364. The number of esters is 1. The number of carbonyl (C=O) groups excluding carboxylic acids is 3. The number of ether oxygens (including phenoxy) is 1. The van der Waals surface area contributed by atoms with E-state index in [0.29, 0.717) is 11.8 Å². The lowest BCUT2D eigenvalue weighted by atomic mass is 10.1. The SMILES string of the molecule is CC(=O)OCC1=C(C(=O)SCC(=O)O)N2C(=O)[C@H](Cl)[C@H]2S(=O)(=O)C1. The second kappa shape index (κ2) is 6.73. The second-order valence-electron chi connectivity index (χ2n) is 5.01. The van der Waals surface area contributed by atoms with Crippen molar-refractivity contribution in [3.8, 4) is 0 Å². The van der Waals surface area contributed by atoms with Gasteiger partial charge in [-0.2, -0.15) is 0 Å². The van der Waals surface area contributed by atoms with Gasteiger partial charge in [-0.15, -0.1) is 11.6 Å². The van der Waals surface area contributed by atoms with Crippen LogP contribution in [0.1, 0.15) is 6.92 Å². The zero-order valence-corrected chi connectivity index (χ0v) is 14.6. The number of hydrogen-bond donors (Lipinski definition) is 1. The Hall–Kier alpha value is -1.59. The molecule has 1 amide bonds. The van der Waals surface area contributed by atoms with E-state index < -0.39 is 61.7 Å². The first-order chi connectivity index (χ1) is 11.1. The smallest absolute Gasteiger partial charge is 0.313 e. The lowest BCUT2D eigenvalue weighted by Crippen LogP contribution is -2.68. The lowest BCUT2D eigenvalue weighted by Gasteiger charge is -2.47. The summed E-state index contributed by atoms with van der Waals surface area (Å²) in [7, 11) is -3.85. The summed E-state index contributed by atoms with van der Waals surface area (Å²) in [6.07, 6.45) is 0. The number of β-lactam (4-membered cyclic amide) rings is 1. The number of alkyl halides is 1. The van der Waals surface area contributed by atoms with Gasteiger partial charge in [0.25, 0.3) is 0 Å². The van der Waals surface area contributed by atoms with Crippen LogP contribution < -0.4 is 0 Å². The molecule has 0 aromatic rings. The molecule has 0 aromatic carbocycles. The molecular weight excluding hydrogens is 386 g/mol. The summed E-state index contributed by atoms with van der Waals surface area (Å²) in [6.45, 7) is 0.609. The van der Waals surface area contributed by atoms with Gasteiger partial charge in [0.2, 0.25) is 11.0 Å². The first-order valence-electron chi connectivity index (χ1n) is 6.49. The van der Waals surface area contributed by atoms with Crippen molar-refractivity contribution in [3.63, 3.8) is 0 Å². The number of carboxylic acids is 1. The monoisotopic (exact) mass is 397 g/mol. The number of carbonyl (C=O) groups is 4. The molecule has 1 fully saturated rings. The summed E-state index contributed by atoms with van der Waals surface area (Å²) in [4.78, 5) is 46.5. The normalized spacial score (nSPS) is 24.9. The molecule has 0 unspecified atom stereocenters. The van der Waals surface area contributed by atoms with E-state index in [2.05, 4.69) is 0 Å². The van der Waals surface area contributed by atoms with E-state index in [1.54, 1.807) is 0 Å². The fourth-order valence-corrected chi connectivity index (χ4v) is 5.52. The number of nitrogens with zero attached hydrogens (tertiary/aromatic N) is 1. The highest BCUT2D eigenvalue weighted by Crippen LogP contribution is 2.40. The molecule has 0 aromatic heterocycles. The van der Waals surface area contributed by atoms with Gasteiger partial charge in [-0.25, -0.2) is 8.42 Å². The Balaban J connectivity index is 2.42. The number of halogens is 1. The van der Waals surface area contributed by atoms with Crippen molar-refractivity contribution in [2.75, 3.05) is 18.1 Å². The molecule has 2 aliphatic rings. The Morgan fingerprint density at radius 3 is 2.58 bits per heavy atom. The minimum absolute atomic E-state index is 0.0822. The van der Waals surface area contributed by atoms with Gasteiger partial charge in [0.15, 0.2) is 15.2 Å². The summed E-state index contributed by atoms with van der Waals surface area (Å²) in [6, 6.07) is 0. The maximum atomic E-state index is 12.3. The Bertz CT molecular complexity index is 759. The number of fused-ring (bicyclic) bond motifs is 1. The molecule has 2 atom stereocenters. The predicted octanol–water partition coefficient (Wildman–Crippen LogP) is -0.648. The maximum Gasteiger partial charge on any atom is 0.313 e. The van der Waals surface area contributed by atoms with Gasteiger partial charge in [0.05, 0.1) is 11.5 Å². The van der Waals surface area contributed by atoms with Crippen molar-refractivity contribution < 1.29 is 37.4 Å².